The van der Waals surface area contributed by atoms with Crippen LogP contribution in [0.15, 0.2) is 12.1 Å². The second-order valence-electron chi connectivity index (χ2n) is 3.55. The summed E-state index contributed by atoms with van der Waals surface area (Å²) in [5.74, 6) is -1.97. The summed E-state index contributed by atoms with van der Waals surface area (Å²) in [6.07, 6.45) is -2.23. The van der Waals surface area contributed by atoms with E-state index in [2.05, 4.69) is 0 Å². The molecule has 4 nitrogen and oxygen atoms in total. The van der Waals surface area contributed by atoms with Crippen LogP contribution >= 0.6 is 23.2 Å². The van der Waals surface area contributed by atoms with Crippen molar-refractivity contribution in [1.29, 1.82) is 0 Å². The van der Waals surface area contributed by atoms with Gasteiger partial charge in [0.1, 0.15) is 0 Å². The number of carbonyl (C=O) groups is 2. The molecule has 0 radical (unpaired) electrons. The molecule has 17 heavy (non-hydrogen) atoms. The van der Waals surface area contributed by atoms with Crippen molar-refractivity contribution in [3.8, 4) is 0 Å². The molecule has 1 unspecified atom stereocenters. The SMILES string of the molecule is Cc1c(Cl)cc(C(=O)CC(O)C(=O)O)cc1Cl. The van der Waals surface area contributed by atoms with Crippen LogP contribution < -0.4 is 0 Å². The van der Waals surface area contributed by atoms with Gasteiger partial charge in [0, 0.05) is 22.0 Å². The van der Waals surface area contributed by atoms with Crippen LogP contribution in [0.2, 0.25) is 10.0 Å². The van der Waals surface area contributed by atoms with Gasteiger partial charge in [0.15, 0.2) is 11.9 Å². The van der Waals surface area contributed by atoms with E-state index in [0.29, 0.717) is 15.6 Å². The number of carboxylic acids is 1. The third-order valence-corrected chi connectivity index (χ3v) is 3.05. The average Bonchev–Trinajstić information content (AvgIpc) is 2.24. The number of aliphatic hydroxyl groups excluding tert-OH is 1. The molecule has 0 aromatic heterocycles. The van der Waals surface area contributed by atoms with Gasteiger partial charge in [-0.15, -0.1) is 0 Å². The van der Waals surface area contributed by atoms with Crippen LogP contribution in [-0.2, 0) is 4.79 Å². The maximum Gasteiger partial charge on any atom is 0.332 e. The molecule has 0 spiro atoms. The summed E-state index contributed by atoms with van der Waals surface area (Å²) in [5, 5.41) is 18.2. The molecule has 92 valence electrons. The summed E-state index contributed by atoms with van der Waals surface area (Å²) >= 11 is 11.7. The van der Waals surface area contributed by atoms with Gasteiger partial charge in [-0.2, -0.15) is 0 Å². The average molecular weight is 277 g/mol. The van der Waals surface area contributed by atoms with E-state index in [-0.39, 0.29) is 5.56 Å². The van der Waals surface area contributed by atoms with E-state index in [1.807, 2.05) is 0 Å². The molecule has 0 saturated heterocycles. The van der Waals surface area contributed by atoms with E-state index < -0.39 is 24.3 Å². The second-order valence-corrected chi connectivity index (χ2v) is 4.36. The summed E-state index contributed by atoms with van der Waals surface area (Å²) in [6.45, 7) is 1.70. The van der Waals surface area contributed by atoms with Crippen molar-refractivity contribution < 1.29 is 19.8 Å². The Morgan fingerprint density at radius 2 is 1.76 bits per heavy atom. The van der Waals surface area contributed by atoms with Crippen molar-refractivity contribution in [2.45, 2.75) is 19.4 Å². The van der Waals surface area contributed by atoms with E-state index in [0.717, 1.165) is 0 Å². The van der Waals surface area contributed by atoms with Gasteiger partial charge < -0.3 is 10.2 Å². The number of aliphatic carboxylic acids is 1. The lowest BCUT2D eigenvalue weighted by Crippen LogP contribution is -2.23. The number of hydrogen-bond donors (Lipinski definition) is 2. The first-order chi connectivity index (χ1) is 7.82. The van der Waals surface area contributed by atoms with Crippen molar-refractivity contribution >= 4 is 35.0 Å². The number of Topliss-reactive ketones (excluding diaryl/α,β-unsaturated/α-hetero) is 1. The Labute approximate surface area is 108 Å². The first-order valence-corrected chi connectivity index (χ1v) is 5.48. The molecule has 0 fully saturated rings. The second kappa shape index (κ2) is 5.49. The van der Waals surface area contributed by atoms with Crippen LogP contribution in [0.3, 0.4) is 0 Å². The highest BCUT2D eigenvalue weighted by Gasteiger charge is 2.19. The summed E-state index contributed by atoms with van der Waals surface area (Å²) in [5.41, 5.74) is 0.828. The van der Waals surface area contributed by atoms with Gasteiger partial charge in [-0.25, -0.2) is 4.79 Å². The molecule has 0 saturated carbocycles. The first-order valence-electron chi connectivity index (χ1n) is 4.72. The predicted molar refractivity (Wildman–Crippen MR) is 63.8 cm³/mol. The lowest BCUT2D eigenvalue weighted by molar-refractivity contribution is -0.146. The Bertz CT molecular complexity index is 448. The number of hydrogen-bond acceptors (Lipinski definition) is 3. The maximum absolute atomic E-state index is 11.6. The number of ketones is 1. The predicted octanol–water partition coefficient (Wildman–Crippen LogP) is 2.32. The monoisotopic (exact) mass is 276 g/mol. The Balaban J connectivity index is 2.94. The van der Waals surface area contributed by atoms with Gasteiger partial charge in [-0.3, -0.25) is 4.79 Å². The minimum Gasteiger partial charge on any atom is -0.479 e. The van der Waals surface area contributed by atoms with Gasteiger partial charge in [-0.05, 0) is 24.6 Å². The highest BCUT2D eigenvalue weighted by molar-refractivity contribution is 6.36. The number of halogens is 2. The molecule has 1 aromatic carbocycles. The zero-order chi connectivity index (χ0) is 13.2. The van der Waals surface area contributed by atoms with Crippen LogP contribution in [0.1, 0.15) is 22.3 Å². The molecule has 1 atom stereocenters. The van der Waals surface area contributed by atoms with E-state index in [9.17, 15) is 9.59 Å². The van der Waals surface area contributed by atoms with Crippen molar-refractivity contribution in [2.24, 2.45) is 0 Å². The fourth-order valence-corrected chi connectivity index (χ4v) is 1.67. The largest absolute Gasteiger partial charge is 0.479 e. The number of rotatable bonds is 4. The first kappa shape index (κ1) is 14.0. The molecule has 0 bridgehead atoms. The minimum absolute atomic E-state index is 0.186. The fourth-order valence-electron chi connectivity index (χ4n) is 1.19. The topological polar surface area (TPSA) is 74.6 Å². The fraction of sp³-hybridized carbons (Fsp3) is 0.273. The maximum atomic E-state index is 11.6. The van der Waals surface area contributed by atoms with E-state index in [1.54, 1.807) is 6.92 Å². The Morgan fingerprint density at radius 1 is 1.29 bits per heavy atom. The third-order valence-electron chi connectivity index (χ3n) is 2.27. The summed E-state index contributed by atoms with van der Waals surface area (Å²) < 4.78 is 0. The molecule has 6 heteroatoms. The number of carbonyl (C=O) groups excluding carboxylic acids is 1. The van der Waals surface area contributed by atoms with E-state index in [4.69, 9.17) is 33.4 Å². The molecule has 0 aliphatic heterocycles. The summed E-state index contributed by atoms with van der Waals surface area (Å²) in [4.78, 5) is 22.0. The van der Waals surface area contributed by atoms with Crippen LogP contribution in [0.25, 0.3) is 0 Å². The molecule has 0 heterocycles. The Hall–Kier alpha value is -1.10. The molecule has 0 aliphatic carbocycles. The van der Waals surface area contributed by atoms with Gasteiger partial charge >= 0.3 is 5.97 Å². The molecule has 1 rings (SSSR count). The standard InChI is InChI=1S/C11H10Cl2O4/c1-5-7(12)2-6(3-8(5)13)9(14)4-10(15)11(16)17/h2-3,10,15H,4H2,1H3,(H,16,17). The van der Waals surface area contributed by atoms with Gasteiger partial charge in [0.25, 0.3) is 0 Å². The van der Waals surface area contributed by atoms with Crippen molar-refractivity contribution in [1.82, 2.24) is 0 Å². The van der Waals surface area contributed by atoms with Crippen LogP contribution in [-0.4, -0.2) is 28.1 Å². The zero-order valence-electron chi connectivity index (χ0n) is 8.91. The highest BCUT2D eigenvalue weighted by atomic mass is 35.5. The highest BCUT2D eigenvalue weighted by Crippen LogP contribution is 2.26. The molecule has 1 aromatic rings. The Kier molecular flexibility index (Phi) is 4.51. The van der Waals surface area contributed by atoms with Gasteiger partial charge in [0.05, 0.1) is 0 Å². The third kappa shape index (κ3) is 3.43. The van der Waals surface area contributed by atoms with Crippen LogP contribution in [0.5, 0.6) is 0 Å². The number of aliphatic hydroxyl groups is 1. The Morgan fingerprint density at radius 3 is 2.18 bits per heavy atom. The van der Waals surface area contributed by atoms with Crippen molar-refractivity contribution in [3.63, 3.8) is 0 Å². The summed E-state index contributed by atoms with van der Waals surface area (Å²) in [7, 11) is 0. The smallest absolute Gasteiger partial charge is 0.332 e. The molecule has 0 aliphatic rings. The van der Waals surface area contributed by atoms with Gasteiger partial charge in [0.2, 0.25) is 0 Å². The van der Waals surface area contributed by atoms with Crippen LogP contribution in [0, 0.1) is 6.92 Å². The lowest BCUT2D eigenvalue weighted by Gasteiger charge is -2.07. The van der Waals surface area contributed by atoms with E-state index in [1.165, 1.54) is 12.1 Å². The zero-order valence-corrected chi connectivity index (χ0v) is 10.4. The quantitative estimate of drug-likeness (QED) is 0.828. The van der Waals surface area contributed by atoms with Crippen molar-refractivity contribution in [2.75, 3.05) is 0 Å². The minimum atomic E-state index is -1.72. The number of carboxylic acid groups (broad SMARTS) is 1. The normalized spacial score (nSPS) is 12.2. The van der Waals surface area contributed by atoms with E-state index >= 15 is 0 Å². The summed E-state index contributed by atoms with van der Waals surface area (Å²) in [6, 6.07) is 2.80. The van der Waals surface area contributed by atoms with Crippen molar-refractivity contribution in [3.05, 3.63) is 33.3 Å². The lowest BCUT2D eigenvalue weighted by atomic mass is 10.0. The number of benzene rings is 1. The van der Waals surface area contributed by atoms with Crippen LogP contribution in [0.4, 0.5) is 0 Å². The molecule has 2 N–H and O–H groups in total. The molecular formula is C11H10Cl2O4. The van der Waals surface area contributed by atoms with Gasteiger partial charge in [-0.1, -0.05) is 23.2 Å². The molecular weight excluding hydrogens is 267 g/mol. The molecule has 0 amide bonds.